The number of hydrogen-bond acceptors (Lipinski definition) is 3. The van der Waals surface area contributed by atoms with Gasteiger partial charge in [0.1, 0.15) is 6.10 Å². The van der Waals surface area contributed by atoms with Crippen LogP contribution in [0.1, 0.15) is 59.8 Å². The van der Waals surface area contributed by atoms with Crippen molar-refractivity contribution in [2.45, 2.75) is 71.9 Å². The van der Waals surface area contributed by atoms with Gasteiger partial charge in [-0.2, -0.15) is 0 Å². The summed E-state index contributed by atoms with van der Waals surface area (Å²) in [6.45, 7) is 8.89. The van der Waals surface area contributed by atoms with E-state index in [4.69, 9.17) is 10.5 Å². The Morgan fingerprint density at radius 3 is 2.56 bits per heavy atom. The van der Waals surface area contributed by atoms with Crippen LogP contribution in [0.25, 0.3) is 0 Å². The maximum atomic E-state index is 11.9. The topological polar surface area (TPSA) is 52.3 Å². The lowest BCUT2D eigenvalue weighted by atomic mass is 9.70. The van der Waals surface area contributed by atoms with Crippen molar-refractivity contribution in [1.29, 1.82) is 0 Å². The maximum Gasteiger partial charge on any atom is 0.306 e. The van der Waals surface area contributed by atoms with Gasteiger partial charge in [0, 0.05) is 17.9 Å². The molecule has 0 saturated heterocycles. The third-order valence-electron chi connectivity index (χ3n) is 5.79. The van der Waals surface area contributed by atoms with Crippen LogP contribution in [0.3, 0.4) is 0 Å². The first-order chi connectivity index (χ1) is 8.27. The van der Waals surface area contributed by atoms with E-state index in [9.17, 15) is 4.79 Å². The Bertz CT molecular complexity index is 337. The number of fused-ring (bicyclic) bond motifs is 2. The highest BCUT2D eigenvalue weighted by Crippen LogP contribution is 2.66. The first kappa shape index (κ1) is 13.9. The van der Waals surface area contributed by atoms with Gasteiger partial charge in [-0.05, 0) is 43.9 Å². The monoisotopic (exact) mass is 253 g/mol. The Morgan fingerprint density at radius 1 is 1.44 bits per heavy atom. The normalized spacial score (nSPS) is 38.7. The zero-order valence-corrected chi connectivity index (χ0v) is 12.2. The number of ether oxygens (including phenoxy) is 1. The third-order valence-corrected chi connectivity index (χ3v) is 5.79. The third kappa shape index (κ3) is 2.07. The molecule has 2 N–H and O–H groups in total. The molecule has 2 saturated carbocycles. The Labute approximate surface area is 110 Å². The van der Waals surface area contributed by atoms with E-state index in [1.54, 1.807) is 0 Å². The number of rotatable bonds is 4. The van der Waals surface area contributed by atoms with Gasteiger partial charge in [0.25, 0.3) is 0 Å². The summed E-state index contributed by atoms with van der Waals surface area (Å²) in [5, 5.41) is 0. The van der Waals surface area contributed by atoms with Gasteiger partial charge < -0.3 is 10.5 Å². The molecule has 2 rings (SSSR count). The lowest BCUT2D eigenvalue weighted by molar-refractivity contribution is -0.157. The summed E-state index contributed by atoms with van der Waals surface area (Å²) in [6.07, 6.45) is 4.82. The van der Waals surface area contributed by atoms with Crippen molar-refractivity contribution in [3.63, 3.8) is 0 Å². The van der Waals surface area contributed by atoms with Crippen LogP contribution < -0.4 is 5.73 Å². The fraction of sp³-hybridized carbons (Fsp3) is 0.933. The largest absolute Gasteiger partial charge is 0.462 e. The first-order valence-electron chi connectivity index (χ1n) is 7.22. The predicted molar refractivity (Wildman–Crippen MR) is 72.0 cm³/mol. The zero-order chi connectivity index (χ0) is 13.6. The molecule has 0 heterocycles. The molecule has 0 amide bonds. The maximum absolute atomic E-state index is 11.9. The summed E-state index contributed by atoms with van der Waals surface area (Å²) in [5.41, 5.74) is 6.14. The van der Waals surface area contributed by atoms with Crippen LogP contribution in [0.2, 0.25) is 0 Å². The van der Waals surface area contributed by atoms with Crippen LogP contribution in [0, 0.1) is 16.7 Å². The number of esters is 1. The smallest absolute Gasteiger partial charge is 0.306 e. The highest BCUT2D eigenvalue weighted by atomic mass is 16.5. The Hall–Kier alpha value is -0.570. The minimum absolute atomic E-state index is 0.0677. The number of nitrogens with two attached hydrogens (primary N) is 1. The van der Waals surface area contributed by atoms with Gasteiger partial charge in [-0.25, -0.2) is 0 Å². The summed E-state index contributed by atoms with van der Waals surface area (Å²) in [4.78, 5) is 11.9. The molecule has 0 aliphatic heterocycles. The molecule has 0 spiro atoms. The zero-order valence-electron chi connectivity index (χ0n) is 12.2. The van der Waals surface area contributed by atoms with Crippen molar-refractivity contribution in [3.8, 4) is 0 Å². The molecule has 0 aromatic carbocycles. The van der Waals surface area contributed by atoms with Gasteiger partial charge in [-0.15, -0.1) is 0 Å². The molecule has 2 aliphatic carbocycles. The molecular weight excluding hydrogens is 226 g/mol. The first-order valence-corrected chi connectivity index (χ1v) is 7.22. The molecular formula is C15H27NO2. The summed E-state index contributed by atoms with van der Waals surface area (Å²) in [5.74, 6) is 0.649. The molecule has 0 aromatic heterocycles. The van der Waals surface area contributed by atoms with E-state index in [1.165, 1.54) is 12.8 Å². The average Bonchev–Trinajstić information content (AvgIpc) is 2.59. The second-order valence-electron chi connectivity index (χ2n) is 7.10. The summed E-state index contributed by atoms with van der Waals surface area (Å²) in [6, 6.07) is 0.0737. The highest BCUT2D eigenvalue weighted by molar-refractivity contribution is 5.69. The van der Waals surface area contributed by atoms with Crippen molar-refractivity contribution in [3.05, 3.63) is 0 Å². The number of carbonyl (C=O) groups excluding carboxylic acids is 1. The summed E-state index contributed by atoms with van der Waals surface area (Å²) in [7, 11) is 0. The van der Waals surface area contributed by atoms with E-state index in [-0.39, 0.29) is 23.5 Å². The number of carbonyl (C=O) groups is 1. The van der Waals surface area contributed by atoms with Gasteiger partial charge in [-0.3, -0.25) is 4.79 Å². The van der Waals surface area contributed by atoms with E-state index in [0.29, 0.717) is 17.8 Å². The van der Waals surface area contributed by atoms with Crippen LogP contribution in [0.4, 0.5) is 0 Å². The molecule has 2 fully saturated rings. The minimum Gasteiger partial charge on any atom is -0.462 e. The summed E-state index contributed by atoms with van der Waals surface area (Å²) >= 11 is 0. The van der Waals surface area contributed by atoms with Crippen LogP contribution in [-0.2, 0) is 9.53 Å². The van der Waals surface area contributed by atoms with Crippen LogP contribution in [-0.4, -0.2) is 18.1 Å². The second kappa shape index (κ2) is 4.52. The van der Waals surface area contributed by atoms with Crippen molar-refractivity contribution in [2.24, 2.45) is 22.5 Å². The fourth-order valence-corrected chi connectivity index (χ4v) is 3.87. The van der Waals surface area contributed by atoms with E-state index >= 15 is 0 Å². The van der Waals surface area contributed by atoms with Gasteiger partial charge in [0.15, 0.2) is 0 Å². The van der Waals surface area contributed by atoms with Gasteiger partial charge >= 0.3 is 5.97 Å². The SMILES string of the molecule is CC(N)CCC(=O)OC1CC2CCC1(C)C2(C)C. The number of hydrogen-bond donors (Lipinski definition) is 1. The van der Waals surface area contributed by atoms with E-state index in [1.807, 2.05) is 6.92 Å². The Kier molecular flexibility index (Phi) is 3.48. The minimum atomic E-state index is -0.0677. The standard InChI is InChI=1S/C15H27NO2/c1-10(16)5-6-13(17)18-12-9-11-7-8-15(12,4)14(11,2)3/h10-12H,5-9,16H2,1-4H3. The molecule has 18 heavy (non-hydrogen) atoms. The molecule has 104 valence electrons. The second-order valence-corrected chi connectivity index (χ2v) is 7.10. The van der Waals surface area contributed by atoms with E-state index in [0.717, 1.165) is 12.8 Å². The quantitative estimate of drug-likeness (QED) is 0.784. The van der Waals surface area contributed by atoms with Gasteiger partial charge in [0.2, 0.25) is 0 Å². The molecule has 4 unspecified atom stereocenters. The lowest BCUT2D eigenvalue weighted by Crippen LogP contribution is -2.38. The van der Waals surface area contributed by atoms with Crippen molar-refractivity contribution < 1.29 is 9.53 Å². The van der Waals surface area contributed by atoms with Gasteiger partial charge in [-0.1, -0.05) is 20.8 Å². The van der Waals surface area contributed by atoms with Crippen molar-refractivity contribution in [2.75, 3.05) is 0 Å². The Morgan fingerprint density at radius 2 is 2.11 bits per heavy atom. The van der Waals surface area contributed by atoms with Crippen molar-refractivity contribution >= 4 is 5.97 Å². The van der Waals surface area contributed by atoms with Crippen LogP contribution >= 0.6 is 0 Å². The Balaban J connectivity index is 1.94. The average molecular weight is 253 g/mol. The molecule has 2 aliphatic rings. The van der Waals surface area contributed by atoms with Gasteiger partial charge in [0.05, 0.1) is 0 Å². The van der Waals surface area contributed by atoms with Crippen LogP contribution in [0.15, 0.2) is 0 Å². The molecule has 3 heteroatoms. The van der Waals surface area contributed by atoms with E-state index in [2.05, 4.69) is 20.8 Å². The van der Waals surface area contributed by atoms with Crippen LogP contribution in [0.5, 0.6) is 0 Å². The lowest BCUT2D eigenvalue weighted by Gasteiger charge is -2.38. The fourth-order valence-electron chi connectivity index (χ4n) is 3.87. The molecule has 2 bridgehead atoms. The molecule has 0 radical (unpaired) electrons. The van der Waals surface area contributed by atoms with E-state index < -0.39 is 0 Å². The highest BCUT2D eigenvalue weighted by Gasteiger charge is 2.62. The predicted octanol–water partition coefficient (Wildman–Crippen LogP) is 2.87. The molecule has 3 nitrogen and oxygen atoms in total. The van der Waals surface area contributed by atoms with Crippen molar-refractivity contribution in [1.82, 2.24) is 0 Å². The molecule has 4 atom stereocenters. The summed E-state index contributed by atoms with van der Waals surface area (Å²) < 4.78 is 5.74. The molecule has 0 aromatic rings.